The molecule has 3 aromatic rings. The van der Waals surface area contributed by atoms with E-state index in [1.165, 1.54) is 18.3 Å². The van der Waals surface area contributed by atoms with E-state index in [1.54, 1.807) is 7.11 Å². The Hall–Kier alpha value is -2.99. The molecule has 0 saturated heterocycles. The lowest BCUT2D eigenvalue weighted by molar-refractivity contribution is 0.0692. The van der Waals surface area contributed by atoms with Crippen LogP contribution in [0.25, 0.3) is 10.9 Å². The average molecular weight is 338 g/mol. The van der Waals surface area contributed by atoms with Gasteiger partial charge in [-0.3, -0.25) is 9.78 Å². The summed E-state index contributed by atoms with van der Waals surface area (Å²) in [6.07, 6.45) is 1.43. The first-order valence-electron chi connectivity index (χ1n) is 7.86. The molecule has 0 spiro atoms. The van der Waals surface area contributed by atoms with Crippen molar-refractivity contribution in [1.29, 1.82) is 0 Å². The molecule has 0 atom stereocenters. The number of carboxylic acid groups (broad SMARTS) is 1. The number of carboxylic acids is 1. The quantitative estimate of drug-likeness (QED) is 0.699. The summed E-state index contributed by atoms with van der Waals surface area (Å²) in [4.78, 5) is 28.6. The second-order valence-corrected chi connectivity index (χ2v) is 5.66. The number of carbonyl (C=O) groups is 2. The minimum absolute atomic E-state index is 0.0484. The number of aromatic carboxylic acids is 1. The number of para-hydroxylation sites is 1. The van der Waals surface area contributed by atoms with E-state index in [2.05, 4.69) is 4.98 Å². The summed E-state index contributed by atoms with van der Waals surface area (Å²) in [6.45, 7) is 2.97. The maximum Gasteiger partial charge on any atom is 0.338 e. The number of ether oxygens (including phenoxy) is 1. The normalized spacial score (nSPS) is 11.0. The fourth-order valence-corrected chi connectivity index (χ4v) is 3.07. The molecule has 25 heavy (non-hydrogen) atoms. The zero-order valence-electron chi connectivity index (χ0n) is 14.0. The lowest BCUT2D eigenvalue weighted by Crippen LogP contribution is -2.13. The highest BCUT2D eigenvalue weighted by Gasteiger charge is 2.25. The lowest BCUT2D eigenvalue weighted by Gasteiger charge is -2.08. The lowest BCUT2D eigenvalue weighted by atomic mass is 10.0. The highest BCUT2D eigenvalue weighted by atomic mass is 16.5. The monoisotopic (exact) mass is 338 g/mol. The van der Waals surface area contributed by atoms with Gasteiger partial charge in [0.1, 0.15) is 5.69 Å². The molecule has 0 amide bonds. The third kappa shape index (κ3) is 2.92. The Kier molecular flexibility index (Phi) is 4.63. The molecule has 6 nitrogen and oxygen atoms in total. The molecule has 0 radical (unpaired) electrons. The number of rotatable bonds is 6. The summed E-state index contributed by atoms with van der Waals surface area (Å²) in [5.74, 6) is -1.56. The Morgan fingerprint density at radius 2 is 1.96 bits per heavy atom. The number of nitrogens with zero attached hydrogens (tertiary/aromatic N) is 2. The Morgan fingerprint density at radius 3 is 2.68 bits per heavy atom. The number of aromatic nitrogens is 2. The van der Waals surface area contributed by atoms with Gasteiger partial charge >= 0.3 is 5.97 Å². The fraction of sp³-hybridized carbons (Fsp3) is 0.211. The van der Waals surface area contributed by atoms with E-state index in [9.17, 15) is 14.7 Å². The molecular weight excluding hydrogens is 320 g/mol. The summed E-state index contributed by atoms with van der Waals surface area (Å²) in [7, 11) is 1.63. The van der Waals surface area contributed by atoms with Crippen LogP contribution in [-0.4, -0.2) is 40.1 Å². The molecule has 0 fully saturated rings. The average Bonchev–Trinajstić information content (AvgIpc) is 2.90. The first-order valence-corrected chi connectivity index (χ1v) is 7.86. The predicted molar refractivity (Wildman–Crippen MR) is 93.2 cm³/mol. The van der Waals surface area contributed by atoms with Gasteiger partial charge in [-0.1, -0.05) is 18.2 Å². The molecule has 0 aliphatic rings. The molecule has 2 aromatic heterocycles. The number of carbonyl (C=O) groups excluding carboxylic acids is 1. The molecule has 1 N–H and O–H groups in total. The van der Waals surface area contributed by atoms with Crippen LogP contribution >= 0.6 is 0 Å². The molecular formula is C19H18N2O4. The van der Waals surface area contributed by atoms with E-state index in [1.807, 2.05) is 35.8 Å². The van der Waals surface area contributed by atoms with Gasteiger partial charge in [0.25, 0.3) is 0 Å². The molecule has 0 aliphatic heterocycles. The van der Waals surface area contributed by atoms with Crippen LogP contribution in [0.4, 0.5) is 0 Å². The Balaban J connectivity index is 2.21. The SMILES string of the molecule is COCCn1c(C)c(C(=O)c2ncccc2C(=O)O)c2ccccc21. The number of benzene rings is 1. The van der Waals surface area contributed by atoms with E-state index in [4.69, 9.17) is 4.74 Å². The van der Waals surface area contributed by atoms with E-state index in [-0.39, 0.29) is 17.0 Å². The minimum Gasteiger partial charge on any atom is -0.478 e. The molecule has 0 saturated carbocycles. The highest BCUT2D eigenvalue weighted by Crippen LogP contribution is 2.28. The van der Waals surface area contributed by atoms with Gasteiger partial charge in [-0.25, -0.2) is 4.79 Å². The first-order chi connectivity index (χ1) is 12.1. The standard InChI is InChI=1S/C19H18N2O4/c1-12-16(18(22)17-14(19(23)24)7-5-9-20-17)13-6-3-4-8-15(13)21(12)10-11-25-2/h3-9H,10-11H2,1-2H3,(H,23,24). The van der Waals surface area contributed by atoms with Crippen LogP contribution in [0.1, 0.15) is 32.1 Å². The number of pyridine rings is 1. The van der Waals surface area contributed by atoms with Crippen molar-refractivity contribution in [2.24, 2.45) is 0 Å². The molecule has 6 heteroatoms. The highest BCUT2D eigenvalue weighted by molar-refractivity contribution is 6.19. The van der Waals surface area contributed by atoms with E-state index >= 15 is 0 Å². The van der Waals surface area contributed by atoms with Gasteiger partial charge in [-0.2, -0.15) is 0 Å². The number of ketones is 1. The van der Waals surface area contributed by atoms with Crippen LogP contribution in [0.5, 0.6) is 0 Å². The van der Waals surface area contributed by atoms with Crippen molar-refractivity contribution < 1.29 is 19.4 Å². The van der Waals surface area contributed by atoms with Crippen molar-refractivity contribution in [1.82, 2.24) is 9.55 Å². The van der Waals surface area contributed by atoms with Gasteiger partial charge in [0.2, 0.25) is 5.78 Å². The second kappa shape index (κ2) is 6.86. The number of hydrogen-bond donors (Lipinski definition) is 1. The molecule has 0 aliphatic carbocycles. The molecule has 0 unspecified atom stereocenters. The van der Waals surface area contributed by atoms with Gasteiger partial charge in [0, 0.05) is 36.4 Å². The van der Waals surface area contributed by atoms with Crippen molar-refractivity contribution >= 4 is 22.7 Å². The van der Waals surface area contributed by atoms with Crippen LogP contribution in [-0.2, 0) is 11.3 Å². The fourth-order valence-electron chi connectivity index (χ4n) is 3.07. The van der Waals surface area contributed by atoms with Crippen molar-refractivity contribution in [3.8, 4) is 0 Å². The zero-order valence-corrected chi connectivity index (χ0v) is 14.0. The Morgan fingerprint density at radius 1 is 1.20 bits per heavy atom. The second-order valence-electron chi connectivity index (χ2n) is 5.66. The first kappa shape index (κ1) is 16.9. The molecule has 128 valence electrons. The van der Waals surface area contributed by atoms with Crippen molar-refractivity contribution in [2.75, 3.05) is 13.7 Å². The Labute approximate surface area is 144 Å². The summed E-state index contributed by atoms with van der Waals surface area (Å²) in [5.41, 5.74) is 2.01. The smallest absolute Gasteiger partial charge is 0.338 e. The predicted octanol–water partition coefficient (Wildman–Crippen LogP) is 2.92. The van der Waals surface area contributed by atoms with E-state index in [0.717, 1.165) is 16.6 Å². The molecule has 2 heterocycles. The number of fused-ring (bicyclic) bond motifs is 1. The van der Waals surface area contributed by atoms with Crippen LogP contribution in [0.3, 0.4) is 0 Å². The van der Waals surface area contributed by atoms with Gasteiger partial charge in [-0.05, 0) is 25.1 Å². The third-order valence-electron chi connectivity index (χ3n) is 4.23. The van der Waals surface area contributed by atoms with Gasteiger partial charge in [0.15, 0.2) is 0 Å². The molecule has 3 rings (SSSR count). The van der Waals surface area contributed by atoms with E-state index in [0.29, 0.717) is 18.7 Å². The van der Waals surface area contributed by atoms with Gasteiger partial charge < -0.3 is 14.4 Å². The van der Waals surface area contributed by atoms with E-state index < -0.39 is 5.97 Å². The maximum atomic E-state index is 13.1. The van der Waals surface area contributed by atoms with Crippen molar-refractivity contribution in [2.45, 2.75) is 13.5 Å². The van der Waals surface area contributed by atoms with Crippen molar-refractivity contribution in [3.63, 3.8) is 0 Å². The minimum atomic E-state index is -1.17. The summed E-state index contributed by atoms with van der Waals surface area (Å²) in [5, 5.41) is 10.1. The summed E-state index contributed by atoms with van der Waals surface area (Å²) < 4.78 is 7.17. The zero-order chi connectivity index (χ0) is 18.0. The van der Waals surface area contributed by atoms with Crippen molar-refractivity contribution in [3.05, 3.63) is 65.1 Å². The topological polar surface area (TPSA) is 81.4 Å². The molecule has 1 aromatic carbocycles. The van der Waals surface area contributed by atoms with Crippen LogP contribution in [0, 0.1) is 6.92 Å². The Bertz CT molecular complexity index is 959. The summed E-state index contributed by atoms with van der Waals surface area (Å²) >= 11 is 0. The third-order valence-corrected chi connectivity index (χ3v) is 4.23. The molecule has 0 bridgehead atoms. The van der Waals surface area contributed by atoms with Crippen LogP contribution < -0.4 is 0 Å². The number of hydrogen-bond acceptors (Lipinski definition) is 4. The van der Waals surface area contributed by atoms with Crippen LogP contribution in [0.15, 0.2) is 42.6 Å². The number of methoxy groups -OCH3 is 1. The van der Waals surface area contributed by atoms with Gasteiger partial charge in [-0.15, -0.1) is 0 Å². The largest absolute Gasteiger partial charge is 0.478 e. The summed E-state index contributed by atoms with van der Waals surface area (Å²) in [6, 6.07) is 10.5. The van der Waals surface area contributed by atoms with Crippen LogP contribution in [0.2, 0.25) is 0 Å². The maximum absolute atomic E-state index is 13.1. The van der Waals surface area contributed by atoms with Gasteiger partial charge in [0.05, 0.1) is 17.7 Å².